The summed E-state index contributed by atoms with van der Waals surface area (Å²) in [5.41, 5.74) is -0.133. The molecule has 1 saturated carbocycles. The third-order valence-electron chi connectivity index (χ3n) is 4.82. The third kappa shape index (κ3) is 5.45. The fraction of sp³-hybridized carbons (Fsp3) is 0.526. The fourth-order valence-electron chi connectivity index (χ4n) is 3.31. The summed E-state index contributed by atoms with van der Waals surface area (Å²) >= 11 is 7.03. The first-order valence-corrected chi connectivity index (χ1v) is 10.6. The first kappa shape index (κ1) is 20.1. The molecule has 0 spiro atoms. The quantitative estimate of drug-likeness (QED) is 0.788. The van der Waals surface area contributed by atoms with Crippen molar-refractivity contribution in [3.8, 4) is 0 Å². The van der Waals surface area contributed by atoms with E-state index < -0.39 is 17.0 Å². The van der Waals surface area contributed by atoms with E-state index in [4.69, 9.17) is 11.6 Å². The molecule has 8 heteroatoms. The van der Waals surface area contributed by atoms with Crippen LogP contribution in [0.5, 0.6) is 0 Å². The number of hydrogen-bond donors (Lipinski definition) is 2. The van der Waals surface area contributed by atoms with Gasteiger partial charge in [0.25, 0.3) is 11.8 Å². The topological polar surface area (TPSA) is 70.6 Å². The molecule has 1 unspecified atom stereocenters. The minimum Gasteiger partial charge on any atom is -0.362 e. The minimum absolute atomic E-state index is 0.0909. The number of nitrogens with one attached hydrogen (secondary N) is 2. The van der Waals surface area contributed by atoms with Crippen LogP contribution >= 0.6 is 23.4 Å². The van der Waals surface area contributed by atoms with Crippen molar-refractivity contribution in [2.45, 2.75) is 56.2 Å². The molecule has 3 rings (SSSR count). The van der Waals surface area contributed by atoms with Gasteiger partial charge >= 0.3 is 0 Å². The van der Waals surface area contributed by atoms with Crippen LogP contribution in [-0.4, -0.2) is 34.8 Å². The van der Waals surface area contributed by atoms with Crippen LogP contribution in [0, 0.1) is 5.82 Å². The van der Waals surface area contributed by atoms with E-state index in [2.05, 4.69) is 15.6 Å². The van der Waals surface area contributed by atoms with Crippen molar-refractivity contribution in [1.82, 2.24) is 10.6 Å². The summed E-state index contributed by atoms with van der Waals surface area (Å²) in [5, 5.41) is 6.01. The summed E-state index contributed by atoms with van der Waals surface area (Å²) in [6, 6.07) is 4.60. The highest BCUT2D eigenvalue weighted by Crippen LogP contribution is 2.24. The number of benzene rings is 1. The van der Waals surface area contributed by atoms with Gasteiger partial charge < -0.3 is 10.6 Å². The van der Waals surface area contributed by atoms with E-state index in [0.717, 1.165) is 12.8 Å². The van der Waals surface area contributed by atoms with E-state index in [-0.39, 0.29) is 23.0 Å². The van der Waals surface area contributed by atoms with Crippen LogP contribution in [0.15, 0.2) is 23.2 Å². The Bertz CT molecular complexity index is 736. The predicted octanol–water partition coefficient (Wildman–Crippen LogP) is 3.91. The molecule has 0 bridgehead atoms. The number of nitrogens with zero attached hydrogens (tertiary/aromatic N) is 1. The first-order chi connectivity index (χ1) is 13.0. The lowest BCUT2D eigenvalue weighted by Crippen LogP contribution is -2.35. The SMILES string of the molecule is O=C(NCC1SC(NC2CCCCCCC2)=NC1=O)c1cccc(Cl)c1F. The number of aliphatic imine (C=N–C) groups is 1. The zero-order valence-corrected chi connectivity index (χ0v) is 16.5. The van der Waals surface area contributed by atoms with Gasteiger partial charge in [0.15, 0.2) is 11.0 Å². The number of amides is 2. The van der Waals surface area contributed by atoms with Crippen LogP contribution in [0.2, 0.25) is 5.02 Å². The highest BCUT2D eigenvalue weighted by atomic mass is 35.5. The molecule has 1 heterocycles. The Morgan fingerprint density at radius 2 is 1.93 bits per heavy atom. The van der Waals surface area contributed by atoms with Crippen molar-refractivity contribution in [3.63, 3.8) is 0 Å². The molecule has 0 saturated heterocycles. The molecule has 1 aromatic carbocycles. The number of carbonyl (C=O) groups is 2. The standard InChI is InChI=1S/C19H23ClFN3O2S/c20-14-10-6-9-13(16(14)21)17(25)22-11-15-18(26)24-19(27-15)23-12-7-4-2-1-3-5-8-12/h6,9-10,12,15H,1-5,7-8,11H2,(H,22,25)(H,23,24,26). The molecule has 1 aliphatic heterocycles. The van der Waals surface area contributed by atoms with Gasteiger partial charge in [-0.15, -0.1) is 0 Å². The summed E-state index contributed by atoms with van der Waals surface area (Å²) in [6.45, 7) is 0.0909. The fourth-order valence-corrected chi connectivity index (χ4v) is 4.46. The van der Waals surface area contributed by atoms with Gasteiger partial charge in [0.1, 0.15) is 5.25 Å². The van der Waals surface area contributed by atoms with Gasteiger partial charge in [0, 0.05) is 12.6 Å². The molecule has 0 radical (unpaired) electrons. The zero-order chi connectivity index (χ0) is 19.2. The molecule has 27 heavy (non-hydrogen) atoms. The molecule has 2 amide bonds. The van der Waals surface area contributed by atoms with Gasteiger partial charge in [-0.1, -0.05) is 61.5 Å². The lowest BCUT2D eigenvalue weighted by atomic mass is 9.97. The van der Waals surface area contributed by atoms with Crippen molar-refractivity contribution in [1.29, 1.82) is 0 Å². The van der Waals surface area contributed by atoms with E-state index in [1.165, 1.54) is 62.1 Å². The second-order valence-corrected chi connectivity index (χ2v) is 8.46. The maximum atomic E-state index is 13.9. The molecule has 1 fully saturated rings. The van der Waals surface area contributed by atoms with Gasteiger partial charge in [-0.25, -0.2) is 4.39 Å². The van der Waals surface area contributed by atoms with Crippen molar-refractivity contribution in [2.75, 3.05) is 6.54 Å². The van der Waals surface area contributed by atoms with Crippen LogP contribution in [0.3, 0.4) is 0 Å². The molecule has 1 aromatic rings. The maximum absolute atomic E-state index is 13.9. The predicted molar refractivity (Wildman–Crippen MR) is 107 cm³/mol. The van der Waals surface area contributed by atoms with E-state index in [0.29, 0.717) is 11.2 Å². The van der Waals surface area contributed by atoms with E-state index >= 15 is 0 Å². The van der Waals surface area contributed by atoms with Gasteiger partial charge in [-0.2, -0.15) is 4.99 Å². The van der Waals surface area contributed by atoms with Crippen molar-refractivity contribution < 1.29 is 14.0 Å². The molecule has 1 atom stereocenters. The zero-order valence-electron chi connectivity index (χ0n) is 15.0. The summed E-state index contributed by atoms with van der Waals surface area (Å²) in [5.74, 6) is -1.63. The smallest absolute Gasteiger partial charge is 0.263 e. The number of amidine groups is 1. The van der Waals surface area contributed by atoms with Crippen LogP contribution in [0.4, 0.5) is 4.39 Å². The Kier molecular flexibility index (Phi) is 7.13. The second-order valence-electron chi connectivity index (χ2n) is 6.86. The Morgan fingerprint density at radius 3 is 2.67 bits per heavy atom. The number of rotatable bonds is 4. The number of thioether (sulfide) groups is 1. The van der Waals surface area contributed by atoms with Gasteiger partial charge in [-0.05, 0) is 25.0 Å². The summed E-state index contributed by atoms with van der Waals surface area (Å²) in [7, 11) is 0. The molecule has 146 valence electrons. The molecular weight excluding hydrogens is 389 g/mol. The van der Waals surface area contributed by atoms with Crippen LogP contribution in [0.25, 0.3) is 0 Å². The summed E-state index contributed by atoms with van der Waals surface area (Å²) in [4.78, 5) is 28.4. The average molecular weight is 412 g/mol. The van der Waals surface area contributed by atoms with E-state index in [9.17, 15) is 14.0 Å². The Hall–Kier alpha value is -1.60. The Labute approximate surface area is 167 Å². The van der Waals surface area contributed by atoms with Gasteiger partial charge in [0.2, 0.25) is 0 Å². The van der Waals surface area contributed by atoms with E-state index in [1.54, 1.807) is 0 Å². The number of halogens is 2. The van der Waals surface area contributed by atoms with Gasteiger partial charge in [0.05, 0.1) is 10.6 Å². The Balaban J connectivity index is 1.50. The number of hydrogen-bond acceptors (Lipinski definition) is 4. The average Bonchev–Trinajstić information content (AvgIpc) is 2.97. The van der Waals surface area contributed by atoms with Crippen LogP contribution < -0.4 is 10.6 Å². The van der Waals surface area contributed by atoms with Crippen molar-refractivity contribution in [3.05, 3.63) is 34.6 Å². The van der Waals surface area contributed by atoms with Crippen LogP contribution in [0.1, 0.15) is 55.3 Å². The highest BCUT2D eigenvalue weighted by Gasteiger charge is 2.30. The monoisotopic (exact) mass is 411 g/mol. The minimum atomic E-state index is -0.759. The largest absolute Gasteiger partial charge is 0.362 e. The normalized spacial score (nSPS) is 21.3. The lowest BCUT2D eigenvalue weighted by Gasteiger charge is -2.21. The summed E-state index contributed by atoms with van der Waals surface area (Å²) < 4.78 is 13.9. The van der Waals surface area contributed by atoms with Gasteiger partial charge in [-0.3, -0.25) is 9.59 Å². The molecule has 1 aliphatic carbocycles. The first-order valence-electron chi connectivity index (χ1n) is 9.32. The molecule has 2 N–H and O–H groups in total. The lowest BCUT2D eigenvalue weighted by molar-refractivity contribution is -0.116. The molecule has 2 aliphatic rings. The maximum Gasteiger partial charge on any atom is 0.263 e. The highest BCUT2D eigenvalue weighted by molar-refractivity contribution is 8.15. The molecule has 0 aromatic heterocycles. The summed E-state index contributed by atoms with van der Waals surface area (Å²) in [6.07, 6.45) is 8.36. The number of carbonyl (C=O) groups excluding carboxylic acids is 2. The van der Waals surface area contributed by atoms with Crippen molar-refractivity contribution in [2.24, 2.45) is 4.99 Å². The van der Waals surface area contributed by atoms with Crippen LogP contribution in [-0.2, 0) is 4.79 Å². The Morgan fingerprint density at radius 1 is 1.22 bits per heavy atom. The van der Waals surface area contributed by atoms with E-state index in [1.807, 2.05) is 0 Å². The molecule has 5 nitrogen and oxygen atoms in total. The third-order valence-corrected chi connectivity index (χ3v) is 6.20. The second kappa shape index (κ2) is 9.55. The molecular formula is C19H23ClFN3O2S. The van der Waals surface area contributed by atoms with Crippen molar-refractivity contribution >= 4 is 40.3 Å².